The van der Waals surface area contributed by atoms with Gasteiger partial charge in [-0.05, 0) is 30.3 Å². The Morgan fingerprint density at radius 1 is 1.29 bits per heavy atom. The van der Waals surface area contributed by atoms with Gasteiger partial charge in [-0.15, -0.1) is 0 Å². The summed E-state index contributed by atoms with van der Waals surface area (Å²) in [6.45, 7) is 10.2. The van der Waals surface area contributed by atoms with Crippen LogP contribution in [-0.2, 0) is 0 Å². The summed E-state index contributed by atoms with van der Waals surface area (Å²) in [6.07, 6.45) is 0.515. The molecule has 1 rings (SSSR count). The van der Waals surface area contributed by atoms with E-state index in [-0.39, 0.29) is 21.9 Å². The van der Waals surface area contributed by atoms with Crippen molar-refractivity contribution in [1.29, 1.82) is 0 Å². The smallest absolute Gasteiger partial charge is 0.340 e. The zero-order valence-corrected chi connectivity index (χ0v) is 14.3. The Hall–Kier alpha value is -1.82. The molecule has 1 aromatic rings. The number of hydrogen-bond donors (Lipinski definition) is 1. The second-order valence-electron chi connectivity index (χ2n) is 6.35. The summed E-state index contributed by atoms with van der Waals surface area (Å²) >= 11 is 0. The van der Waals surface area contributed by atoms with Crippen molar-refractivity contribution in [2.75, 3.05) is 7.11 Å². The summed E-state index contributed by atoms with van der Waals surface area (Å²) in [5.74, 6) is -0.742. The van der Waals surface area contributed by atoms with Crippen LogP contribution in [0.5, 0.6) is 11.5 Å². The standard InChI is InChI=1S/C15H22O5Si/c1-15(2,3)21(5,6)20-13-11(19-4)8-7-10(9-16)12(13)14(17)18/h7-9H,1-6H3,(H,17,18). The number of hydrogen-bond acceptors (Lipinski definition) is 4. The van der Waals surface area contributed by atoms with Crippen LogP contribution in [0.3, 0.4) is 0 Å². The minimum atomic E-state index is -2.27. The molecule has 0 heterocycles. The lowest BCUT2D eigenvalue weighted by Gasteiger charge is -2.37. The third-order valence-electron chi connectivity index (χ3n) is 3.88. The highest BCUT2D eigenvalue weighted by Crippen LogP contribution is 2.42. The Bertz CT molecular complexity index is 558. The fourth-order valence-corrected chi connectivity index (χ4v) is 2.59. The number of aldehydes is 1. The second kappa shape index (κ2) is 5.89. The largest absolute Gasteiger partial charge is 0.540 e. The molecule has 0 unspecified atom stereocenters. The predicted molar refractivity (Wildman–Crippen MR) is 83.2 cm³/mol. The van der Waals surface area contributed by atoms with Gasteiger partial charge in [0.1, 0.15) is 5.56 Å². The van der Waals surface area contributed by atoms with E-state index >= 15 is 0 Å². The minimum Gasteiger partial charge on any atom is -0.540 e. The van der Waals surface area contributed by atoms with Crippen LogP contribution in [0.15, 0.2) is 12.1 Å². The summed E-state index contributed by atoms with van der Waals surface area (Å²) < 4.78 is 11.3. The molecule has 0 saturated carbocycles. The van der Waals surface area contributed by atoms with Gasteiger partial charge < -0.3 is 14.3 Å². The number of aromatic carboxylic acids is 1. The monoisotopic (exact) mass is 310 g/mol. The van der Waals surface area contributed by atoms with Gasteiger partial charge in [0.25, 0.3) is 8.32 Å². The van der Waals surface area contributed by atoms with E-state index in [4.69, 9.17) is 9.16 Å². The lowest BCUT2D eigenvalue weighted by atomic mass is 10.1. The molecule has 0 aliphatic rings. The van der Waals surface area contributed by atoms with Crippen LogP contribution >= 0.6 is 0 Å². The normalized spacial score (nSPS) is 11.9. The van der Waals surface area contributed by atoms with Crippen LogP contribution in [0.1, 0.15) is 41.5 Å². The fraction of sp³-hybridized carbons (Fsp3) is 0.467. The summed E-state index contributed by atoms with van der Waals surface area (Å²) in [5, 5.41) is 9.31. The SMILES string of the molecule is COc1ccc(C=O)c(C(=O)O)c1O[Si](C)(C)C(C)(C)C. The highest BCUT2D eigenvalue weighted by Gasteiger charge is 2.40. The molecular formula is C15H22O5Si. The van der Waals surface area contributed by atoms with Crippen molar-refractivity contribution < 1.29 is 23.9 Å². The molecule has 0 radical (unpaired) electrons. The lowest BCUT2D eigenvalue weighted by molar-refractivity contribution is 0.0691. The van der Waals surface area contributed by atoms with Crippen LogP contribution in [0, 0.1) is 0 Å². The summed E-state index contributed by atoms with van der Waals surface area (Å²) in [6, 6.07) is 2.98. The van der Waals surface area contributed by atoms with E-state index in [1.54, 1.807) is 6.07 Å². The molecule has 6 heteroatoms. The minimum absolute atomic E-state index is 0.0806. The van der Waals surface area contributed by atoms with Crippen molar-refractivity contribution >= 4 is 20.6 Å². The first-order chi connectivity index (χ1) is 9.55. The zero-order valence-electron chi connectivity index (χ0n) is 13.3. The molecule has 1 N–H and O–H groups in total. The predicted octanol–water partition coefficient (Wildman–Crippen LogP) is 3.59. The van der Waals surface area contributed by atoms with Crippen molar-refractivity contribution in [3.05, 3.63) is 23.3 Å². The van der Waals surface area contributed by atoms with E-state index in [0.717, 1.165) is 0 Å². The van der Waals surface area contributed by atoms with E-state index in [2.05, 4.69) is 20.8 Å². The molecule has 0 atom stereocenters. The molecule has 116 valence electrons. The first-order valence-corrected chi connectivity index (χ1v) is 9.54. The van der Waals surface area contributed by atoms with E-state index in [0.29, 0.717) is 12.0 Å². The maximum absolute atomic E-state index is 11.5. The molecule has 0 aromatic heterocycles. The molecular weight excluding hydrogens is 288 g/mol. The van der Waals surface area contributed by atoms with Crippen molar-refractivity contribution in [2.45, 2.75) is 38.9 Å². The maximum atomic E-state index is 11.5. The molecule has 0 spiro atoms. The van der Waals surface area contributed by atoms with Gasteiger partial charge in [-0.3, -0.25) is 4.79 Å². The molecule has 21 heavy (non-hydrogen) atoms. The van der Waals surface area contributed by atoms with E-state index in [1.807, 2.05) is 13.1 Å². The Balaban J connectivity index is 3.52. The number of benzene rings is 1. The number of methoxy groups -OCH3 is 1. The average Bonchev–Trinajstić information content (AvgIpc) is 2.35. The topological polar surface area (TPSA) is 72.8 Å². The average molecular weight is 310 g/mol. The van der Waals surface area contributed by atoms with Crippen LogP contribution in [0.4, 0.5) is 0 Å². The van der Waals surface area contributed by atoms with Crippen LogP contribution in [-0.4, -0.2) is 32.8 Å². The molecule has 0 amide bonds. The van der Waals surface area contributed by atoms with E-state index < -0.39 is 14.3 Å². The lowest BCUT2D eigenvalue weighted by Crippen LogP contribution is -2.44. The van der Waals surface area contributed by atoms with Gasteiger partial charge in [0.05, 0.1) is 7.11 Å². The molecule has 0 fully saturated rings. The Labute approximate surface area is 126 Å². The van der Waals surface area contributed by atoms with Crippen molar-refractivity contribution in [2.24, 2.45) is 0 Å². The molecule has 0 aliphatic carbocycles. The number of ether oxygens (including phenoxy) is 1. The molecule has 0 bridgehead atoms. The van der Waals surface area contributed by atoms with Crippen LogP contribution < -0.4 is 9.16 Å². The van der Waals surface area contributed by atoms with Gasteiger partial charge in [-0.2, -0.15) is 0 Å². The number of rotatable bonds is 5. The third-order valence-corrected chi connectivity index (χ3v) is 8.20. The number of carbonyl (C=O) groups excluding carboxylic acids is 1. The van der Waals surface area contributed by atoms with Gasteiger partial charge in [0.2, 0.25) is 0 Å². The Morgan fingerprint density at radius 2 is 1.86 bits per heavy atom. The van der Waals surface area contributed by atoms with Crippen molar-refractivity contribution in [1.82, 2.24) is 0 Å². The molecule has 1 aromatic carbocycles. The highest BCUT2D eigenvalue weighted by atomic mass is 28.4. The van der Waals surface area contributed by atoms with Crippen LogP contribution in [0.25, 0.3) is 0 Å². The Morgan fingerprint density at radius 3 is 2.24 bits per heavy atom. The summed E-state index contributed by atoms with van der Waals surface area (Å²) in [4.78, 5) is 22.6. The molecule has 0 aliphatic heterocycles. The van der Waals surface area contributed by atoms with Gasteiger partial charge in [0.15, 0.2) is 17.8 Å². The molecule has 0 saturated heterocycles. The van der Waals surface area contributed by atoms with Crippen LogP contribution in [0.2, 0.25) is 18.1 Å². The number of carboxylic acids is 1. The third kappa shape index (κ3) is 3.44. The fourth-order valence-electron chi connectivity index (χ4n) is 1.57. The summed E-state index contributed by atoms with van der Waals surface area (Å²) in [5.41, 5.74) is -0.0637. The van der Waals surface area contributed by atoms with Gasteiger partial charge in [-0.25, -0.2) is 4.79 Å². The quantitative estimate of drug-likeness (QED) is 0.664. The van der Waals surface area contributed by atoms with Crippen molar-refractivity contribution in [3.63, 3.8) is 0 Å². The highest BCUT2D eigenvalue weighted by molar-refractivity contribution is 6.74. The first-order valence-electron chi connectivity index (χ1n) is 6.63. The zero-order chi connectivity index (χ0) is 16.4. The van der Waals surface area contributed by atoms with E-state index in [1.165, 1.54) is 13.2 Å². The van der Waals surface area contributed by atoms with Crippen molar-refractivity contribution in [3.8, 4) is 11.5 Å². The Kier molecular flexibility index (Phi) is 4.83. The second-order valence-corrected chi connectivity index (χ2v) is 11.1. The number of carbonyl (C=O) groups is 2. The van der Waals surface area contributed by atoms with Gasteiger partial charge in [-0.1, -0.05) is 20.8 Å². The first kappa shape index (κ1) is 17.2. The number of carboxylic acid groups (broad SMARTS) is 1. The maximum Gasteiger partial charge on any atom is 0.340 e. The van der Waals surface area contributed by atoms with Gasteiger partial charge in [0, 0.05) is 5.56 Å². The summed E-state index contributed by atoms with van der Waals surface area (Å²) in [7, 11) is -0.821. The molecule has 5 nitrogen and oxygen atoms in total. The van der Waals surface area contributed by atoms with Gasteiger partial charge >= 0.3 is 5.97 Å². The van der Waals surface area contributed by atoms with E-state index in [9.17, 15) is 14.7 Å².